The summed E-state index contributed by atoms with van der Waals surface area (Å²) in [5.41, 5.74) is 19.0. The van der Waals surface area contributed by atoms with Gasteiger partial charge in [0.25, 0.3) is 0 Å². The molecule has 10 aromatic carbocycles. The lowest BCUT2D eigenvalue weighted by Crippen LogP contribution is -2.09. The third-order valence-corrected chi connectivity index (χ3v) is 14.2. The molecule has 13 rings (SSSR count). The molecule has 2 heterocycles. The van der Waals surface area contributed by atoms with E-state index in [4.69, 9.17) is 15.0 Å². The van der Waals surface area contributed by atoms with Gasteiger partial charge in [-0.1, -0.05) is 243 Å². The van der Waals surface area contributed by atoms with Crippen LogP contribution in [0, 0.1) is 0 Å². The molecular weight excluding hydrogens is 885 g/mol. The highest BCUT2D eigenvalue weighted by molar-refractivity contribution is 6.11. The minimum Gasteiger partial charge on any atom is -0.308 e. The topological polar surface area (TPSA) is 43.6 Å². The number of para-hydroxylation sites is 1. The zero-order valence-electron chi connectivity index (χ0n) is 40.1. The van der Waals surface area contributed by atoms with Crippen LogP contribution in [-0.4, -0.2) is 19.5 Å². The first kappa shape index (κ1) is 43.5. The molecule has 0 N–H and O–H groups in total. The predicted molar refractivity (Wildman–Crippen MR) is 303 cm³/mol. The molecule has 0 spiro atoms. The Kier molecular flexibility index (Phi) is 11.3. The zero-order valence-corrected chi connectivity index (χ0v) is 40.1. The number of aromatic nitrogens is 4. The first-order chi connectivity index (χ1) is 36.2. The summed E-state index contributed by atoms with van der Waals surface area (Å²) in [4.78, 5) is 15.9. The Hall–Kier alpha value is -9.51. The molecule has 0 amide bonds. The van der Waals surface area contributed by atoms with Crippen LogP contribution in [0.5, 0.6) is 0 Å². The highest BCUT2D eigenvalue weighted by Gasteiger charge is 2.26. The number of rotatable bonds is 10. The summed E-state index contributed by atoms with van der Waals surface area (Å²) in [5, 5.41) is 2.41. The number of allylic oxidation sites excluding steroid dienone is 4. The van der Waals surface area contributed by atoms with E-state index in [9.17, 15) is 0 Å². The van der Waals surface area contributed by atoms with Crippen LogP contribution in [0.15, 0.2) is 273 Å². The standard InChI is InChI=1S/C69H48N4/c1-6-18-47(19-7-1)51-30-36-54(37-31-51)61-45-59(69-71-67(56-26-14-5-15-27-56)70-68(72-69)57-40-34-53(35-41-57)49-22-10-3-11-23-49)46-62(55-38-32-52(33-39-55)48-20-8-2-9-21-48)66(61)73-64-29-17-16-28-60(64)63-44-58(42-43-65(63)73)50-24-12-4-13-25-50/h1-38,40-46,55H,39H2/t55-/m1/s1. The van der Waals surface area contributed by atoms with E-state index in [1.165, 1.54) is 44.2 Å². The number of hydrogen-bond acceptors (Lipinski definition) is 3. The Bertz CT molecular complexity index is 3990. The van der Waals surface area contributed by atoms with Crippen molar-refractivity contribution in [3.63, 3.8) is 0 Å². The Morgan fingerprint density at radius 1 is 0.329 bits per heavy atom. The van der Waals surface area contributed by atoms with Crippen molar-refractivity contribution in [3.8, 4) is 84.4 Å². The van der Waals surface area contributed by atoms with Gasteiger partial charge in [0.1, 0.15) is 0 Å². The highest BCUT2D eigenvalue weighted by Crippen LogP contribution is 2.45. The Morgan fingerprint density at radius 2 is 0.753 bits per heavy atom. The largest absolute Gasteiger partial charge is 0.308 e. The monoisotopic (exact) mass is 932 g/mol. The van der Waals surface area contributed by atoms with Gasteiger partial charge < -0.3 is 4.57 Å². The fraction of sp³-hybridized carbons (Fsp3) is 0.0290. The maximum absolute atomic E-state index is 5.40. The van der Waals surface area contributed by atoms with Crippen molar-refractivity contribution in [2.45, 2.75) is 12.3 Å². The molecule has 0 aliphatic heterocycles. The van der Waals surface area contributed by atoms with E-state index in [1.807, 2.05) is 24.3 Å². The van der Waals surface area contributed by atoms with Gasteiger partial charge in [-0.25, -0.2) is 15.0 Å². The van der Waals surface area contributed by atoms with E-state index in [0.29, 0.717) is 17.5 Å². The van der Waals surface area contributed by atoms with Crippen molar-refractivity contribution in [1.29, 1.82) is 0 Å². The van der Waals surface area contributed by atoms with Gasteiger partial charge in [0.15, 0.2) is 17.5 Å². The van der Waals surface area contributed by atoms with E-state index < -0.39 is 0 Å². The second-order valence-corrected chi connectivity index (χ2v) is 18.7. The minimum absolute atomic E-state index is 0.0185. The maximum atomic E-state index is 5.40. The van der Waals surface area contributed by atoms with Gasteiger partial charge in [0.2, 0.25) is 0 Å². The molecule has 0 saturated carbocycles. The summed E-state index contributed by atoms with van der Waals surface area (Å²) in [6.45, 7) is 0. The average Bonchev–Trinajstić information content (AvgIpc) is 3.81. The van der Waals surface area contributed by atoms with Crippen LogP contribution < -0.4 is 0 Å². The summed E-state index contributed by atoms with van der Waals surface area (Å²) in [5.74, 6) is 1.87. The van der Waals surface area contributed by atoms with E-state index >= 15 is 0 Å². The molecule has 1 atom stereocenters. The van der Waals surface area contributed by atoms with Crippen LogP contribution >= 0.6 is 0 Å². The molecule has 1 aliphatic rings. The summed E-state index contributed by atoms with van der Waals surface area (Å²) in [7, 11) is 0. The zero-order chi connectivity index (χ0) is 48.5. The van der Waals surface area contributed by atoms with Crippen molar-refractivity contribution >= 4 is 27.4 Å². The third kappa shape index (κ3) is 8.45. The van der Waals surface area contributed by atoms with E-state index in [-0.39, 0.29) is 5.92 Å². The Labute approximate surface area is 425 Å². The number of nitrogens with zero attached hydrogens (tertiary/aromatic N) is 4. The average molecular weight is 933 g/mol. The molecule has 0 saturated heterocycles. The van der Waals surface area contributed by atoms with Crippen molar-refractivity contribution in [3.05, 3.63) is 284 Å². The van der Waals surface area contributed by atoms with Crippen LogP contribution in [0.1, 0.15) is 23.5 Å². The molecule has 0 fully saturated rings. The van der Waals surface area contributed by atoms with Gasteiger partial charge in [-0.05, 0) is 92.4 Å². The molecule has 1 aliphatic carbocycles. The molecule has 0 radical (unpaired) electrons. The molecular formula is C69H48N4. The van der Waals surface area contributed by atoms with Gasteiger partial charge in [-0.15, -0.1) is 0 Å². The first-order valence-corrected chi connectivity index (χ1v) is 25.0. The molecule has 4 nitrogen and oxygen atoms in total. The van der Waals surface area contributed by atoms with Crippen molar-refractivity contribution in [2.24, 2.45) is 0 Å². The van der Waals surface area contributed by atoms with Crippen LogP contribution in [0.2, 0.25) is 0 Å². The lowest BCUT2D eigenvalue weighted by atomic mass is 9.84. The first-order valence-electron chi connectivity index (χ1n) is 25.0. The lowest BCUT2D eigenvalue weighted by Gasteiger charge is -2.25. The van der Waals surface area contributed by atoms with Crippen molar-refractivity contribution in [2.75, 3.05) is 0 Å². The Balaban J connectivity index is 1.07. The van der Waals surface area contributed by atoms with E-state index in [2.05, 4.69) is 253 Å². The molecule has 4 heteroatoms. The molecule has 2 aromatic heterocycles. The van der Waals surface area contributed by atoms with Gasteiger partial charge in [-0.2, -0.15) is 0 Å². The fourth-order valence-corrected chi connectivity index (χ4v) is 10.5. The number of hydrogen-bond donors (Lipinski definition) is 0. The van der Waals surface area contributed by atoms with Crippen molar-refractivity contribution < 1.29 is 0 Å². The summed E-state index contributed by atoms with van der Waals surface area (Å²) in [6, 6.07) is 90.8. The second-order valence-electron chi connectivity index (χ2n) is 18.7. The van der Waals surface area contributed by atoms with Gasteiger partial charge in [-0.3, -0.25) is 0 Å². The normalized spacial score (nSPS) is 13.3. The quantitative estimate of drug-likeness (QED) is 0.137. The smallest absolute Gasteiger partial charge is 0.164 e. The molecule has 344 valence electrons. The van der Waals surface area contributed by atoms with Gasteiger partial charge >= 0.3 is 0 Å². The maximum Gasteiger partial charge on any atom is 0.164 e. The van der Waals surface area contributed by atoms with E-state index in [0.717, 1.165) is 67.6 Å². The van der Waals surface area contributed by atoms with Crippen molar-refractivity contribution in [1.82, 2.24) is 19.5 Å². The minimum atomic E-state index is 0.0185. The molecule has 73 heavy (non-hydrogen) atoms. The van der Waals surface area contributed by atoms with Gasteiger partial charge in [0, 0.05) is 38.9 Å². The SMILES string of the molecule is C1=C[C@@H](c2cc(-c3nc(-c4ccccc4)nc(-c4ccc(-c5ccccc5)cc4)n3)cc(-c3ccc(-c4ccccc4)cc3)c2-n2c3ccccc3c3cc(-c4ccccc4)ccc32)CC=C1c1ccccc1. The van der Waals surface area contributed by atoms with E-state index in [1.54, 1.807) is 0 Å². The number of fused-ring (bicyclic) bond motifs is 3. The summed E-state index contributed by atoms with van der Waals surface area (Å²) in [6.07, 6.45) is 7.91. The van der Waals surface area contributed by atoms with Crippen LogP contribution in [0.25, 0.3) is 112 Å². The molecule has 0 unspecified atom stereocenters. The highest BCUT2D eigenvalue weighted by atomic mass is 15.0. The fourth-order valence-electron chi connectivity index (χ4n) is 10.5. The van der Waals surface area contributed by atoms with Crippen LogP contribution in [0.4, 0.5) is 0 Å². The summed E-state index contributed by atoms with van der Waals surface area (Å²) >= 11 is 0. The van der Waals surface area contributed by atoms with Gasteiger partial charge in [0.05, 0.1) is 16.7 Å². The molecule has 0 bridgehead atoms. The second kappa shape index (κ2) is 19.0. The molecule has 12 aromatic rings. The summed E-state index contributed by atoms with van der Waals surface area (Å²) < 4.78 is 2.52. The Morgan fingerprint density at radius 3 is 1.32 bits per heavy atom. The lowest BCUT2D eigenvalue weighted by molar-refractivity contribution is 0.846. The predicted octanol–water partition coefficient (Wildman–Crippen LogP) is 17.8. The van der Waals surface area contributed by atoms with Crippen LogP contribution in [-0.2, 0) is 0 Å². The van der Waals surface area contributed by atoms with Crippen LogP contribution in [0.3, 0.4) is 0 Å². The third-order valence-electron chi connectivity index (χ3n) is 14.2. The number of benzene rings is 10.